The van der Waals surface area contributed by atoms with Crippen LogP contribution in [0.25, 0.3) is 11.2 Å². The third-order valence-electron chi connectivity index (χ3n) is 6.36. The number of aromatic nitrogens is 4. The zero-order valence-electron chi connectivity index (χ0n) is 18.9. The summed E-state index contributed by atoms with van der Waals surface area (Å²) >= 11 is 0. The zero-order valence-corrected chi connectivity index (χ0v) is 18.9. The van der Waals surface area contributed by atoms with E-state index < -0.39 is 0 Å². The Morgan fingerprint density at radius 3 is 2.07 bits per heavy atom. The predicted molar refractivity (Wildman–Crippen MR) is 120 cm³/mol. The molecule has 0 saturated heterocycles. The highest BCUT2D eigenvalue weighted by Gasteiger charge is 2.19. The second kappa shape index (κ2) is 8.42. The SMILES string of the molecule is Cc1nc(N)c2nc(Cc3c(C)c(C)c(C)c(C)c3C)n(CCCCC(N)=O)c2n1. The molecule has 0 aliphatic carbocycles. The number of hydrogen-bond acceptors (Lipinski definition) is 5. The molecule has 0 radical (unpaired) electrons. The van der Waals surface area contributed by atoms with Crippen molar-refractivity contribution in [3.8, 4) is 0 Å². The highest BCUT2D eigenvalue weighted by molar-refractivity contribution is 5.82. The number of nitrogens with zero attached hydrogens (tertiary/aromatic N) is 4. The summed E-state index contributed by atoms with van der Waals surface area (Å²) in [7, 11) is 0. The normalized spacial score (nSPS) is 11.4. The van der Waals surface area contributed by atoms with E-state index in [-0.39, 0.29) is 5.91 Å². The molecule has 3 aromatic rings. The Labute approximate surface area is 177 Å². The molecule has 3 rings (SSSR count). The van der Waals surface area contributed by atoms with E-state index in [1.807, 2.05) is 6.92 Å². The van der Waals surface area contributed by atoms with E-state index in [1.54, 1.807) is 0 Å². The van der Waals surface area contributed by atoms with Crippen LogP contribution in [-0.4, -0.2) is 25.4 Å². The van der Waals surface area contributed by atoms with Gasteiger partial charge in [0.15, 0.2) is 17.0 Å². The molecule has 0 spiro atoms. The minimum absolute atomic E-state index is 0.273. The first-order chi connectivity index (χ1) is 14.1. The molecule has 0 saturated carbocycles. The van der Waals surface area contributed by atoms with Gasteiger partial charge >= 0.3 is 0 Å². The monoisotopic (exact) mass is 408 g/mol. The second-order valence-corrected chi connectivity index (χ2v) is 8.21. The van der Waals surface area contributed by atoms with Crippen LogP contribution in [0.5, 0.6) is 0 Å². The molecule has 0 unspecified atom stereocenters. The number of hydrogen-bond donors (Lipinski definition) is 2. The Hall–Kier alpha value is -2.96. The van der Waals surface area contributed by atoms with E-state index in [2.05, 4.69) is 49.2 Å². The summed E-state index contributed by atoms with van der Waals surface area (Å²) < 4.78 is 2.13. The number of aryl methyl sites for hydroxylation is 2. The lowest BCUT2D eigenvalue weighted by molar-refractivity contribution is -0.118. The number of carbonyl (C=O) groups excluding carboxylic acids is 1. The maximum Gasteiger partial charge on any atom is 0.217 e. The maximum atomic E-state index is 11.1. The fourth-order valence-electron chi connectivity index (χ4n) is 4.12. The van der Waals surface area contributed by atoms with Crippen molar-refractivity contribution < 1.29 is 4.79 Å². The zero-order chi connectivity index (χ0) is 22.2. The lowest BCUT2D eigenvalue weighted by Gasteiger charge is -2.19. The number of amides is 1. The first-order valence-electron chi connectivity index (χ1n) is 10.4. The lowest BCUT2D eigenvalue weighted by atomic mass is 9.88. The molecule has 2 heterocycles. The molecule has 160 valence electrons. The summed E-state index contributed by atoms with van der Waals surface area (Å²) in [5, 5.41) is 0. The highest BCUT2D eigenvalue weighted by Crippen LogP contribution is 2.29. The number of nitrogens with two attached hydrogens (primary N) is 2. The molecule has 30 heavy (non-hydrogen) atoms. The van der Waals surface area contributed by atoms with E-state index >= 15 is 0 Å². The standard InChI is InChI=1S/C23H32N6O/c1-12-13(2)15(4)18(16(5)14(12)3)11-20-28-21-22(25)26-17(6)27-23(21)29(20)10-8-7-9-19(24)30/h7-11H2,1-6H3,(H2,24,30)(H2,25,26,27). The fourth-order valence-corrected chi connectivity index (χ4v) is 4.12. The number of benzene rings is 1. The van der Waals surface area contributed by atoms with Gasteiger partial charge in [-0.25, -0.2) is 15.0 Å². The minimum Gasteiger partial charge on any atom is -0.382 e. The smallest absolute Gasteiger partial charge is 0.217 e. The molecule has 0 aliphatic rings. The van der Waals surface area contributed by atoms with Crippen molar-refractivity contribution in [3.63, 3.8) is 0 Å². The number of unbranched alkanes of at least 4 members (excludes halogenated alkanes) is 1. The summed E-state index contributed by atoms with van der Waals surface area (Å²) in [6.07, 6.45) is 2.63. The molecule has 0 atom stereocenters. The Kier molecular flexibility index (Phi) is 6.10. The van der Waals surface area contributed by atoms with Gasteiger partial charge in [-0.3, -0.25) is 4.79 Å². The summed E-state index contributed by atoms with van der Waals surface area (Å²) in [5.74, 6) is 1.67. The minimum atomic E-state index is -0.273. The average Bonchev–Trinajstić information content (AvgIpc) is 3.03. The van der Waals surface area contributed by atoms with Crippen LogP contribution in [0.2, 0.25) is 0 Å². The van der Waals surface area contributed by atoms with Crippen molar-refractivity contribution in [1.82, 2.24) is 19.5 Å². The van der Waals surface area contributed by atoms with Gasteiger partial charge in [0.1, 0.15) is 11.6 Å². The number of anilines is 1. The van der Waals surface area contributed by atoms with Gasteiger partial charge in [-0.2, -0.15) is 0 Å². The van der Waals surface area contributed by atoms with Gasteiger partial charge < -0.3 is 16.0 Å². The molecule has 1 aromatic carbocycles. The quantitative estimate of drug-likeness (QED) is 0.581. The molecular formula is C23H32N6O. The number of carbonyl (C=O) groups is 1. The van der Waals surface area contributed by atoms with Crippen LogP contribution in [0.4, 0.5) is 5.82 Å². The molecule has 0 bridgehead atoms. The maximum absolute atomic E-state index is 11.1. The van der Waals surface area contributed by atoms with Crippen molar-refractivity contribution in [3.05, 3.63) is 45.0 Å². The van der Waals surface area contributed by atoms with Crippen LogP contribution in [-0.2, 0) is 17.8 Å². The summed E-state index contributed by atoms with van der Waals surface area (Å²) in [6.45, 7) is 13.4. The molecule has 7 heteroatoms. The van der Waals surface area contributed by atoms with Crippen molar-refractivity contribution in [1.29, 1.82) is 0 Å². The van der Waals surface area contributed by atoms with Crippen LogP contribution in [0.3, 0.4) is 0 Å². The van der Waals surface area contributed by atoms with E-state index in [4.69, 9.17) is 16.5 Å². The van der Waals surface area contributed by atoms with E-state index in [1.165, 1.54) is 33.4 Å². The Bertz CT molecular complexity index is 1100. The number of primary amides is 1. The van der Waals surface area contributed by atoms with E-state index in [0.29, 0.717) is 36.5 Å². The van der Waals surface area contributed by atoms with Gasteiger partial charge in [0.05, 0.1) is 0 Å². The van der Waals surface area contributed by atoms with Gasteiger partial charge in [0.2, 0.25) is 5.91 Å². The number of nitrogen functional groups attached to an aromatic ring is 1. The predicted octanol–water partition coefficient (Wildman–Crippen LogP) is 3.51. The summed E-state index contributed by atoms with van der Waals surface area (Å²) in [5.41, 5.74) is 20.8. The molecule has 2 aromatic heterocycles. The van der Waals surface area contributed by atoms with Crippen LogP contribution in [0, 0.1) is 41.5 Å². The van der Waals surface area contributed by atoms with E-state index in [9.17, 15) is 4.79 Å². The van der Waals surface area contributed by atoms with E-state index in [0.717, 1.165) is 24.3 Å². The largest absolute Gasteiger partial charge is 0.382 e. The third-order valence-corrected chi connectivity index (χ3v) is 6.36. The third kappa shape index (κ3) is 4.01. The topological polar surface area (TPSA) is 113 Å². The summed E-state index contributed by atoms with van der Waals surface area (Å²) in [6, 6.07) is 0. The van der Waals surface area contributed by atoms with Gasteiger partial charge in [-0.15, -0.1) is 0 Å². The molecule has 0 fully saturated rings. The number of imidazole rings is 1. The van der Waals surface area contributed by atoms with Crippen LogP contribution >= 0.6 is 0 Å². The summed E-state index contributed by atoms with van der Waals surface area (Å²) in [4.78, 5) is 24.9. The Morgan fingerprint density at radius 2 is 1.47 bits per heavy atom. The van der Waals surface area contributed by atoms with Crippen molar-refractivity contribution in [2.24, 2.45) is 5.73 Å². The molecule has 0 aliphatic heterocycles. The number of fused-ring (bicyclic) bond motifs is 1. The second-order valence-electron chi connectivity index (χ2n) is 8.21. The van der Waals surface area contributed by atoms with Crippen molar-refractivity contribution in [2.75, 3.05) is 5.73 Å². The van der Waals surface area contributed by atoms with Crippen LogP contribution in [0.15, 0.2) is 0 Å². The first-order valence-corrected chi connectivity index (χ1v) is 10.4. The molecule has 4 N–H and O–H groups in total. The van der Waals surface area contributed by atoms with Gasteiger partial charge in [-0.1, -0.05) is 0 Å². The van der Waals surface area contributed by atoms with Crippen molar-refractivity contribution in [2.45, 2.75) is 73.8 Å². The van der Waals surface area contributed by atoms with Gasteiger partial charge in [0, 0.05) is 19.4 Å². The Balaban J connectivity index is 2.08. The fraction of sp³-hybridized carbons (Fsp3) is 0.478. The van der Waals surface area contributed by atoms with Crippen LogP contribution < -0.4 is 11.5 Å². The van der Waals surface area contributed by atoms with Gasteiger partial charge in [-0.05, 0) is 87.8 Å². The Morgan fingerprint density at radius 1 is 0.867 bits per heavy atom. The molecule has 1 amide bonds. The molecular weight excluding hydrogens is 376 g/mol. The van der Waals surface area contributed by atoms with Crippen molar-refractivity contribution >= 4 is 22.9 Å². The number of rotatable bonds is 7. The highest BCUT2D eigenvalue weighted by atomic mass is 16.1. The first kappa shape index (κ1) is 21.7. The average molecular weight is 409 g/mol. The molecule has 7 nitrogen and oxygen atoms in total. The lowest BCUT2D eigenvalue weighted by Crippen LogP contribution is -2.12. The van der Waals surface area contributed by atoms with Crippen LogP contribution in [0.1, 0.15) is 64.3 Å². The van der Waals surface area contributed by atoms with Gasteiger partial charge in [0.25, 0.3) is 0 Å².